The molecule has 3 heteroatoms. The van der Waals surface area contributed by atoms with Crippen LogP contribution in [0.2, 0.25) is 0 Å². The predicted octanol–water partition coefficient (Wildman–Crippen LogP) is 15.9. The van der Waals surface area contributed by atoms with Crippen LogP contribution in [-0.2, 0) is 37.9 Å². The first kappa shape index (κ1) is 46.1. The van der Waals surface area contributed by atoms with Gasteiger partial charge in [-0.2, -0.15) is 0 Å². The zero-order valence-corrected chi connectivity index (χ0v) is 44.1. The molecule has 2 aliphatic heterocycles. The Morgan fingerprint density at radius 1 is 0.379 bits per heavy atom. The van der Waals surface area contributed by atoms with E-state index in [4.69, 9.17) is 0 Å². The van der Waals surface area contributed by atoms with E-state index < -0.39 is 0 Å². The van der Waals surface area contributed by atoms with Crippen LogP contribution in [0.1, 0.15) is 177 Å². The molecule has 0 amide bonds. The molecule has 9 rings (SSSR count). The van der Waals surface area contributed by atoms with Crippen molar-refractivity contribution in [3.8, 4) is 11.1 Å². The smallest absolute Gasteiger partial charge is 0.252 e. The molecular formula is C63H77BN2. The Morgan fingerprint density at radius 3 is 1.30 bits per heavy atom. The Kier molecular flexibility index (Phi) is 10.3. The van der Waals surface area contributed by atoms with Crippen molar-refractivity contribution in [2.24, 2.45) is 0 Å². The molecule has 0 aromatic heterocycles. The number of nitrogens with zero attached hydrogens (tertiary/aromatic N) is 2. The largest absolute Gasteiger partial charge is 0.311 e. The van der Waals surface area contributed by atoms with E-state index in [0.29, 0.717) is 0 Å². The minimum absolute atomic E-state index is 0.0203. The van der Waals surface area contributed by atoms with Crippen LogP contribution in [0.3, 0.4) is 0 Å². The second kappa shape index (κ2) is 14.7. The second-order valence-corrected chi connectivity index (χ2v) is 26.8. The van der Waals surface area contributed by atoms with Gasteiger partial charge < -0.3 is 9.80 Å². The maximum absolute atomic E-state index is 2.68. The zero-order valence-electron chi connectivity index (χ0n) is 44.1. The molecule has 6 aromatic rings. The quantitative estimate of drug-likeness (QED) is 0.163. The standard InChI is InChI=1S/C63H77BN2/c1-57(2,3)40-21-26-45(27-22-40)65-52-30-24-42(59(7,8)9)34-49(52)64-50-35-43(60(10,11)12)25-31-53(50)66(55-37-44(61(13,14)15)36-54(65)56(55)64)51-29-23-41(58(4,5)6)33-46(51)39-20-28-47-48(32-39)63(18,19)38-62(47,16)17/h20-37H,38H2,1-19H3. The summed E-state index contributed by atoms with van der Waals surface area (Å²) in [5.74, 6) is 0. The van der Waals surface area contributed by atoms with Crippen LogP contribution in [0.25, 0.3) is 11.1 Å². The molecule has 0 spiro atoms. The molecule has 2 heterocycles. The Labute approximate surface area is 400 Å². The molecule has 0 N–H and O–H groups in total. The van der Waals surface area contributed by atoms with Gasteiger partial charge in [0.05, 0.1) is 5.69 Å². The summed E-state index contributed by atoms with van der Waals surface area (Å²) in [7, 11) is 0. The molecule has 0 bridgehead atoms. The average molecular weight is 873 g/mol. The predicted molar refractivity (Wildman–Crippen MR) is 290 cm³/mol. The molecule has 3 aliphatic rings. The average Bonchev–Trinajstić information content (AvgIpc) is 3.40. The Morgan fingerprint density at radius 2 is 0.803 bits per heavy atom. The molecule has 342 valence electrons. The van der Waals surface area contributed by atoms with E-state index in [0.717, 1.165) is 6.42 Å². The highest BCUT2D eigenvalue weighted by atomic mass is 15.2. The van der Waals surface area contributed by atoms with E-state index in [-0.39, 0.29) is 44.6 Å². The summed E-state index contributed by atoms with van der Waals surface area (Å²) in [6.07, 6.45) is 1.14. The van der Waals surface area contributed by atoms with E-state index in [1.54, 1.807) is 0 Å². The summed E-state index contributed by atoms with van der Waals surface area (Å²) in [6, 6.07) is 44.2. The van der Waals surface area contributed by atoms with Crippen molar-refractivity contribution < 1.29 is 0 Å². The van der Waals surface area contributed by atoms with Crippen molar-refractivity contribution in [1.82, 2.24) is 0 Å². The van der Waals surface area contributed by atoms with Crippen LogP contribution in [0.4, 0.5) is 34.1 Å². The van der Waals surface area contributed by atoms with Crippen LogP contribution >= 0.6 is 0 Å². The summed E-state index contributed by atoms with van der Waals surface area (Å²) in [6.45, 7) is 45.0. The van der Waals surface area contributed by atoms with Gasteiger partial charge in [0.2, 0.25) is 0 Å². The van der Waals surface area contributed by atoms with Crippen LogP contribution in [0.15, 0.2) is 109 Å². The molecule has 0 radical (unpaired) electrons. The molecule has 0 fully saturated rings. The topological polar surface area (TPSA) is 6.48 Å². The van der Waals surface area contributed by atoms with E-state index in [1.165, 1.54) is 101 Å². The van der Waals surface area contributed by atoms with Gasteiger partial charge in [-0.1, -0.05) is 192 Å². The van der Waals surface area contributed by atoms with Gasteiger partial charge in [-0.3, -0.25) is 0 Å². The fourth-order valence-corrected chi connectivity index (χ4v) is 11.6. The Hall–Kier alpha value is -5.02. The van der Waals surface area contributed by atoms with Gasteiger partial charge in [0.1, 0.15) is 0 Å². The molecule has 6 aromatic carbocycles. The third-order valence-corrected chi connectivity index (χ3v) is 15.4. The monoisotopic (exact) mass is 873 g/mol. The number of hydrogen-bond donors (Lipinski definition) is 0. The highest BCUT2D eigenvalue weighted by Crippen LogP contribution is 2.53. The maximum Gasteiger partial charge on any atom is 0.252 e. The van der Waals surface area contributed by atoms with Gasteiger partial charge in [0.15, 0.2) is 0 Å². The first-order valence-electron chi connectivity index (χ1n) is 24.8. The first-order chi connectivity index (χ1) is 30.4. The van der Waals surface area contributed by atoms with Crippen molar-refractivity contribution in [2.45, 2.75) is 176 Å². The van der Waals surface area contributed by atoms with Gasteiger partial charge in [-0.15, -0.1) is 0 Å². The van der Waals surface area contributed by atoms with Gasteiger partial charge in [-0.05, 0) is 154 Å². The van der Waals surface area contributed by atoms with Crippen molar-refractivity contribution in [3.63, 3.8) is 0 Å². The fraction of sp³-hybridized carbons (Fsp3) is 0.429. The van der Waals surface area contributed by atoms with Crippen LogP contribution in [-0.4, -0.2) is 6.71 Å². The van der Waals surface area contributed by atoms with Gasteiger partial charge in [0, 0.05) is 34.0 Å². The second-order valence-electron chi connectivity index (χ2n) is 26.8. The number of anilines is 6. The third-order valence-electron chi connectivity index (χ3n) is 15.4. The van der Waals surface area contributed by atoms with Crippen molar-refractivity contribution in [2.75, 3.05) is 9.80 Å². The number of benzene rings is 6. The molecule has 66 heavy (non-hydrogen) atoms. The lowest BCUT2D eigenvalue weighted by molar-refractivity contribution is 0.403. The summed E-state index contributed by atoms with van der Waals surface area (Å²) >= 11 is 0. The van der Waals surface area contributed by atoms with Crippen molar-refractivity contribution in [3.05, 3.63) is 148 Å². The lowest BCUT2D eigenvalue weighted by Crippen LogP contribution is -2.62. The van der Waals surface area contributed by atoms with Crippen molar-refractivity contribution in [1.29, 1.82) is 0 Å². The summed E-state index contributed by atoms with van der Waals surface area (Å²) in [5, 5.41) is 0. The van der Waals surface area contributed by atoms with Gasteiger partial charge >= 0.3 is 0 Å². The SMILES string of the molecule is CC(C)(C)c1ccc(N2c3ccc(C(C)(C)C)cc3B3c4cc(C(C)(C)C)ccc4N(c4ccc(C(C)(C)C)cc4-c4ccc5c(c4)C(C)(C)CC5(C)C)c4cc(C(C)(C)C)cc2c43)cc1. The van der Waals surface area contributed by atoms with E-state index in [2.05, 4.69) is 251 Å². The zero-order chi connectivity index (χ0) is 48.1. The Bertz CT molecular complexity index is 2910. The Balaban J connectivity index is 1.42. The van der Waals surface area contributed by atoms with Crippen molar-refractivity contribution >= 4 is 57.2 Å². The highest BCUT2D eigenvalue weighted by Gasteiger charge is 2.46. The summed E-state index contributed by atoms with van der Waals surface area (Å²) < 4.78 is 0. The fourth-order valence-electron chi connectivity index (χ4n) is 11.6. The lowest BCUT2D eigenvalue weighted by Gasteiger charge is -2.46. The van der Waals surface area contributed by atoms with Crippen LogP contribution < -0.4 is 26.2 Å². The molecule has 0 saturated heterocycles. The third kappa shape index (κ3) is 7.65. The minimum atomic E-state index is -0.113. The number of hydrogen-bond acceptors (Lipinski definition) is 2. The summed E-state index contributed by atoms with van der Waals surface area (Å²) in [5.41, 5.74) is 24.0. The molecule has 1 aliphatic carbocycles. The normalized spacial score (nSPS) is 16.5. The van der Waals surface area contributed by atoms with Gasteiger partial charge in [0.25, 0.3) is 6.71 Å². The summed E-state index contributed by atoms with van der Waals surface area (Å²) in [4.78, 5) is 5.28. The first-order valence-corrected chi connectivity index (χ1v) is 24.8. The molecular weight excluding hydrogens is 796 g/mol. The molecule has 0 unspecified atom stereocenters. The maximum atomic E-state index is 2.68. The van der Waals surface area contributed by atoms with Gasteiger partial charge in [-0.25, -0.2) is 0 Å². The molecule has 0 atom stereocenters. The molecule has 0 saturated carbocycles. The minimum Gasteiger partial charge on any atom is -0.311 e. The van der Waals surface area contributed by atoms with Crippen LogP contribution in [0, 0.1) is 0 Å². The highest BCUT2D eigenvalue weighted by molar-refractivity contribution is 7.00. The van der Waals surface area contributed by atoms with E-state index >= 15 is 0 Å². The van der Waals surface area contributed by atoms with Crippen LogP contribution in [0.5, 0.6) is 0 Å². The van der Waals surface area contributed by atoms with E-state index in [1.807, 2.05) is 0 Å². The number of rotatable bonds is 3. The lowest BCUT2D eigenvalue weighted by atomic mass is 9.33. The molecule has 2 nitrogen and oxygen atoms in total. The number of fused-ring (bicyclic) bond motifs is 5. The van der Waals surface area contributed by atoms with E-state index in [9.17, 15) is 0 Å².